The third-order valence-corrected chi connectivity index (χ3v) is 6.72. The van der Waals surface area contributed by atoms with Crippen LogP contribution in [0.25, 0.3) is 0 Å². The minimum absolute atomic E-state index is 0.0195. The fraction of sp³-hybridized carbons (Fsp3) is 0.387. The van der Waals surface area contributed by atoms with Gasteiger partial charge >= 0.3 is 12.0 Å². The smallest absolute Gasteiger partial charge is 0.325 e. The molecule has 41 heavy (non-hydrogen) atoms. The van der Waals surface area contributed by atoms with Crippen molar-refractivity contribution in [2.75, 3.05) is 38.6 Å². The highest BCUT2D eigenvalue weighted by molar-refractivity contribution is 5.91. The first-order valence-electron chi connectivity index (χ1n) is 13.8. The normalized spacial score (nSPS) is 18.6. The van der Waals surface area contributed by atoms with Crippen molar-refractivity contribution in [3.05, 3.63) is 95.3 Å². The summed E-state index contributed by atoms with van der Waals surface area (Å²) >= 11 is 0. The van der Waals surface area contributed by atoms with Crippen molar-refractivity contribution in [1.29, 1.82) is 0 Å². The number of hydrogen-bond acceptors (Lipinski definition) is 8. The quantitative estimate of drug-likeness (QED) is 0.284. The first-order valence-corrected chi connectivity index (χ1v) is 13.8. The first kappa shape index (κ1) is 30.1. The van der Waals surface area contributed by atoms with Crippen LogP contribution in [0, 0.1) is 0 Å². The van der Waals surface area contributed by atoms with Crippen LogP contribution in [0.3, 0.4) is 0 Å². The second-order valence-electron chi connectivity index (χ2n) is 9.92. The lowest BCUT2D eigenvalue weighted by Gasteiger charge is -2.38. The monoisotopic (exact) mass is 562 g/mol. The molecular formula is C31H38N4O6. The lowest BCUT2D eigenvalue weighted by Crippen LogP contribution is -2.38. The molecule has 0 saturated carbocycles. The molecule has 3 aromatic rings. The fourth-order valence-corrected chi connectivity index (χ4v) is 4.63. The fourth-order valence-electron chi connectivity index (χ4n) is 4.63. The van der Waals surface area contributed by atoms with E-state index in [1.54, 1.807) is 25.3 Å². The van der Waals surface area contributed by atoms with Crippen molar-refractivity contribution < 1.29 is 28.9 Å². The lowest BCUT2D eigenvalue weighted by atomic mass is 9.99. The topological polar surface area (TPSA) is 122 Å². The average molecular weight is 563 g/mol. The highest BCUT2D eigenvalue weighted by atomic mass is 16.7. The number of urea groups is 1. The van der Waals surface area contributed by atoms with Crippen LogP contribution in [-0.4, -0.2) is 66.4 Å². The number of anilines is 1. The molecule has 3 atom stereocenters. The van der Waals surface area contributed by atoms with Crippen LogP contribution < -0.4 is 10.6 Å². The Balaban J connectivity index is 1.45. The van der Waals surface area contributed by atoms with Gasteiger partial charge in [-0.25, -0.2) is 4.79 Å². The van der Waals surface area contributed by atoms with Gasteiger partial charge in [0.15, 0.2) is 6.29 Å². The highest BCUT2D eigenvalue weighted by Crippen LogP contribution is 2.38. The number of aromatic nitrogens is 1. The van der Waals surface area contributed by atoms with Gasteiger partial charge in [-0.05, 0) is 49.4 Å². The van der Waals surface area contributed by atoms with Crippen molar-refractivity contribution in [2.45, 2.75) is 44.9 Å². The van der Waals surface area contributed by atoms with E-state index in [4.69, 9.17) is 14.2 Å². The van der Waals surface area contributed by atoms with E-state index in [-0.39, 0.29) is 32.0 Å². The molecule has 10 nitrogen and oxygen atoms in total. The van der Waals surface area contributed by atoms with Gasteiger partial charge < -0.3 is 34.9 Å². The Morgan fingerprint density at radius 1 is 1.07 bits per heavy atom. The van der Waals surface area contributed by atoms with E-state index in [0.717, 1.165) is 35.3 Å². The number of hydrogen-bond donors (Lipinski definition) is 3. The molecule has 218 valence electrons. The summed E-state index contributed by atoms with van der Waals surface area (Å²) in [5.41, 5.74) is 4.18. The minimum atomic E-state index is -0.662. The van der Waals surface area contributed by atoms with Gasteiger partial charge in [0, 0.05) is 49.1 Å². The molecule has 0 bridgehead atoms. The molecule has 1 fully saturated rings. The zero-order chi connectivity index (χ0) is 29.0. The molecule has 1 aliphatic rings. The third kappa shape index (κ3) is 9.36. The van der Waals surface area contributed by atoms with Crippen LogP contribution in [0.15, 0.2) is 72.9 Å². The Morgan fingerprint density at radius 2 is 1.90 bits per heavy atom. The van der Waals surface area contributed by atoms with Gasteiger partial charge in [0.25, 0.3) is 0 Å². The Hall–Kier alpha value is -3.83. The Morgan fingerprint density at radius 3 is 2.63 bits per heavy atom. The van der Waals surface area contributed by atoms with Gasteiger partial charge in [-0.3, -0.25) is 9.78 Å². The molecule has 0 aliphatic carbocycles. The number of nitrogens with one attached hydrogen (secondary N) is 2. The highest BCUT2D eigenvalue weighted by Gasteiger charge is 2.33. The van der Waals surface area contributed by atoms with Crippen LogP contribution in [-0.2, 0) is 32.0 Å². The van der Waals surface area contributed by atoms with E-state index in [9.17, 15) is 14.7 Å². The van der Waals surface area contributed by atoms with Crippen molar-refractivity contribution in [2.24, 2.45) is 0 Å². The minimum Gasteiger partial charge on any atom is -0.465 e. The summed E-state index contributed by atoms with van der Waals surface area (Å²) < 4.78 is 17.7. The van der Waals surface area contributed by atoms with E-state index < -0.39 is 18.3 Å². The summed E-state index contributed by atoms with van der Waals surface area (Å²) in [4.78, 5) is 30.5. The SMILES string of the molecule is CCOC(=O)CNC(=O)Nc1cccc([C@H]2O[C@@H](CN(C)CCc3ccccn3)C[C@@H](c3ccc(CO)cc3)O2)c1. The van der Waals surface area contributed by atoms with Crippen LogP contribution in [0.4, 0.5) is 10.5 Å². The van der Waals surface area contributed by atoms with Crippen molar-refractivity contribution >= 4 is 17.7 Å². The molecule has 4 rings (SSSR count). The lowest BCUT2D eigenvalue weighted by molar-refractivity contribution is -0.252. The molecule has 0 unspecified atom stereocenters. The number of aliphatic hydroxyl groups excluding tert-OH is 1. The molecule has 1 saturated heterocycles. The number of pyridine rings is 1. The van der Waals surface area contributed by atoms with Gasteiger partial charge in [-0.15, -0.1) is 0 Å². The van der Waals surface area contributed by atoms with E-state index >= 15 is 0 Å². The van der Waals surface area contributed by atoms with Crippen LogP contribution in [0.5, 0.6) is 0 Å². The predicted octanol–water partition coefficient (Wildman–Crippen LogP) is 3.98. The van der Waals surface area contributed by atoms with E-state index in [2.05, 4.69) is 27.6 Å². The summed E-state index contributed by atoms with van der Waals surface area (Å²) in [6.45, 7) is 3.25. The standard InChI is InChI=1S/C31H38N4O6/c1-3-39-29(37)19-33-31(38)34-26-9-6-7-24(17-26)30-40-27(20-35(2)16-14-25-8-4-5-15-32-25)18-28(41-30)23-12-10-22(21-36)11-13-23/h4-13,15,17,27-28,30,36H,3,14,16,18-21H2,1-2H3,(H2,33,34,38)/t27-,28+,30+/m1/s1. The van der Waals surface area contributed by atoms with Gasteiger partial charge in [0.2, 0.25) is 0 Å². The summed E-state index contributed by atoms with van der Waals surface area (Å²) in [6.07, 6.45) is 2.31. The predicted molar refractivity (Wildman–Crippen MR) is 154 cm³/mol. The summed E-state index contributed by atoms with van der Waals surface area (Å²) in [5, 5.41) is 14.7. The van der Waals surface area contributed by atoms with Gasteiger partial charge in [0.1, 0.15) is 6.54 Å². The number of carbonyl (C=O) groups excluding carboxylic acids is 2. The van der Waals surface area contributed by atoms with E-state index in [1.807, 2.05) is 54.6 Å². The Kier molecular flexibility index (Phi) is 11.2. The van der Waals surface area contributed by atoms with E-state index in [1.165, 1.54) is 0 Å². The van der Waals surface area contributed by atoms with Crippen LogP contribution in [0.1, 0.15) is 48.1 Å². The molecule has 1 aliphatic heterocycles. The van der Waals surface area contributed by atoms with Crippen LogP contribution >= 0.6 is 0 Å². The zero-order valence-corrected chi connectivity index (χ0v) is 23.5. The number of nitrogens with zero attached hydrogens (tertiary/aromatic N) is 2. The number of amides is 2. The van der Waals surface area contributed by atoms with Gasteiger partial charge in [-0.1, -0.05) is 42.5 Å². The average Bonchev–Trinajstić information content (AvgIpc) is 3.00. The largest absolute Gasteiger partial charge is 0.465 e. The summed E-state index contributed by atoms with van der Waals surface area (Å²) in [7, 11) is 2.07. The molecule has 0 spiro atoms. The van der Waals surface area contributed by atoms with Crippen molar-refractivity contribution in [1.82, 2.24) is 15.2 Å². The van der Waals surface area contributed by atoms with Crippen molar-refractivity contribution in [3.8, 4) is 0 Å². The molecule has 10 heteroatoms. The molecule has 2 aromatic carbocycles. The van der Waals surface area contributed by atoms with E-state index in [0.29, 0.717) is 18.7 Å². The molecular weight excluding hydrogens is 524 g/mol. The Bertz CT molecular complexity index is 1260. The zero-order valence-electron chi connectivity index (χ0n) is 23.5. The van der Waals surface area contributed by atoms with Crippen LogP contribution in [0.2, 0.25) is 0 Å². The molecule has 0 radical (unpaired) electrons. The maximum Gasteiger partial charge on any atom is 0.325 e. The number of aliphatic hydroxyl groups is 1. The molecule has 2 heterocycles. The summed E-state index contributed by atoms with van der Waals surface area (Å²) in [6, 6.07) is 20.4. The number of esters is 1. The molecule has 1 aromatic heterocycles. The third-order valence-electron chi connectivity index (χ3n) is 6.72. The number of benzene rings is 2. The number of ether oxygens (including phenoxy) is 3. The van der Waals surface area contributed by atoms with Gasteiger partial charge in [-0.2, -0.15) is 0 Å². The first-order chi connectivity index (χ1) is 19.9. The number of carbonyl (C=O) groups is 2. The second-order valence-corrected chi connectivity index (χ2v) is 9.92. The van der Waals surface area contributed by atoms with Gasteiger partial charge in [0.05, 0.1) is 25.4 Å². The second kappa shape index (κ2) is 15.2. The molecule has 3 N–H and O–H groups in total. The number of likely N-dealkylation sites (N-methyl/N-ethyl adjacent to an activating group) is 1. The maximum absolute atomic E-state index is 12.3. The molecule has 2 amide bonds. The maximum atomic E-state index is 12.3. The summed E-state index contributed by atoms with van der Waals surface area (Å²) in [5.74, 6) is -0.505. The Labute approximate surface area is 240 Å². The van der Waals surface area contributed by atoms with Crippen molar-refractivity contribution in [3.63, 3.8) is 0 Å². The number of rotatable bonds is 12.